The van der Waals surface area contributed by atoms with Crippen LogP contribution in [0.25, 0.3) is 0 Å². The molecule has 106 valence electrons. The van der Waals surface area contributed by atoms with E-state index in [9.17, 15) is 9.90 Å². The summed E-state index contributed by atoms with van der Waals surface area (Å²) in [6, 6.07) is 17.3. The third kappa shape index (κ3) is 1.67. The predicted molar refractivity (Wildman–Crippen MR) is 79.8 cm³/mol. The van der Waals surface area contributed by atoms with E-state index in [1.807, 2.05) is 66.4 Å². The molecule has 1 saturated heterocycles. The normalized spacial score (nSPS) is 30.4. The number of benzene rings is 2. The Bertz CT molecular complexity index is 708. The average Bonchev–Trinajstić information content (AvgIpc) is 2.91. The van der Waals surface area contributed by atoms with Gasteiger partial charge < -0.3 is 10.0 Å². The van der Waals surface area contributed by atoms with Gasteiger partial charge in [0.25, 0.3) is 5.91 Å². The maximum absolute atomic E-state index is 12.8. The summed E-state index contributed by atoms with van der Waals surface area (Å²) in [5.74, 6) is 0.0298. The lowest BCUT2D eigenvalue weighted by Gasteiger charge is -2.31. The van der Waals surface area contributed by atoms with E-state index in [-0.39, 0.29) is 18.0 Å². The smallest absolute Gasteiger partial charge is 0.255 e. The van der Waals surface area contributed by atoms with Gasteiger partial charge in [0.2, 0.25) is 0 Å². The largest absolute Gasteiger partial charge is 0.388 e. The predicted octanol–water partition coefficient (Wildman–Crippen LogP) is 3.08. The second-order valence-electron chi connectivity index (χ2n) is 6.19. The number of fused-ring (bicyclic) bond motifs is 3. The second kappa shape index (κ2) is 4.18. The highest BCUT2D eigenvalue weighted by Crippen LogP contribution is 2.54. The maximum Gasteiger partial charge on any atom is 0.255 e. The van der Waals surface area contributed by atoms with E-state index in [0.29, 0.717) is 6.42 Å². The first-order valence-electron chi connectivity index (χ1n) is 7.28. The molecule has 1 N–H and O–H groups in total. The zero-order valence-electron chi connectivity index (χ0n) is 11.9. The molecule has 2 aliphatic heterocycles. The van der Waals surface area contributed by atoms with E-state index in [1.165, 1.54) is 0 Å². The molecule has 0 saturated carbocycles. The van der Waals surface area contributed by atoms with Crippen molar-refractivity contribution in [2.75, 3.05) is 0 Å². The molecule has 0 spiro atoms. The molecule has 1 amide bonds. The number of carbonyl (C=O) groups excluding carboxylic acids is 1. The van der Waals surface area contributed by atoms with Crippen molar-refractivity contribution < 1.29 is 9.90 Å². The highest BCUT2D eigenvalue weighted by atomic mass is 16.3. The molecule has 2 aromatic carbocycles. The first-order valence-corrected chi connectivity index (χ1v) is 7.28. The van der Waals surface area contributed by atoms with Gasteiger partial charge in [-0.3, -0.25) is 4.79 Å². The minimum absolute atomic E-state index is 0.0195. The molecule has 0 aromatic heterocycles. The van der Waals surface area contributed by atoms with Gasteiger partial charge in [-0.1, -0.05) is 48.5 Å². The van der Waals surface area contributed by atoms with Crippen LogP contribution in [0.15, 0.2) is 54.6 Å². The Morgan fingerprint density at radius 3 is 2.52 bits per heavy atom. The van der Waals surface area contributed by atoms with Crippen molar-refractivity contribution in [3.63, 3.8) is 0 Å². The lowest BCUT2D eigenvalue weighted by molar-refractivity contribution is 0.0182. The fraction of sp³-hybridized carbons (Fsp3) is 0.278. The van der Waals surface area contributed by atoms with Crippen LogP contribution >= 0.6 is 0 Å². The number of nitrogens with zero attached hydrogens (tertiary/aromatic N) is 1. The monoisotopic (exact) mass is 279 g/mol. The van der Waals surface area contributed by atoms with Crippen LogP contribution in [-0.2, 0) is 0 Å². The summed E-state index contributed by atoms with van der Waals surface area (Å²) in [6.07, 6.45) is 0.579. The molecule has 0 bridgehead atoms. The molecule has 3 atom stereocenters. The highest BCUT2D eigenvalue weighted by molar-refractivity contribution is 6.00. The Morgan fingerprint density at radius 2 is 1.76 bits per heavy atom. The fourth-order valence-electron chi connectivity index (χ4n) is 3.88. The Morgan fingerprint density at radius 1 is 1.10 bits per heavy atom. The Labute approximate surface area is 123 Å². The minimum atomic E-state index is -0.908. The lowest BCUT2D eigenvalue weighted by Crippen LogP contribution is -2.36. The van der Waals surface area contributed by atoms with Gasteiger partial charge in [-0.05, 0) is 24.1 Å². The average molecular weight is 279 g/mol. The summed E-state index contributed by atoms with van der Waals surface area (Å²) in [6.45, 7) is 1.83. The van der Waals surface area contributed by atoms with E-state index in [2.05, 4.69) is 0 Å². The molecule has 2 unspecified atom stereocenters. The number of hydrogen-bond donors (Lipinski definition) is 1. The molecule has 0 aliphatic carbocycles. The Kier molecular flexibility index (Phi) is 2.51. The number of rotatable bonds is 1. The number of hydrogen-bond acceptors (Lipinski definition) is 2. The highest BCUT2D eigenvalue weighted by Gasteiger charge is 2.55. The molecular formula is C18H17NO2. The van der Waals surface area contributed by atoms with Gasteiger partial charge in [0.05, 0.1) is 17.7 Å². The van der Waals surface area contributed by atoms with Gasteiger partial charge in [0.1, 0.15) is 0 Å². The summed E-state index contributed by atoms with van der Waals surface area (Å²) in [5, 5.41) is 10.9. The van der Waals surface area contributed by atoms with Crippen molar-refractivity contribution in [2.24, 2.45) is 0 Å². The van der Waals surface area contributed by atoms with Gasteiger partial charge in [-0.15, -0.1) is 0 Å². The number of amides is 1. The summed E-state index contributed by atoms with van der Waals surface area (Å²) in [5.41, 5.74) is 1.90. The Balaban J connectivity index is 1.86. The van der Waals surface area contributed by atoms with E-state index >= 15 is 0 Å². The molecule has 21 heavy (non-hydrogen) atoms. The van der Waals surface area contributed by atoms with Gasteiger partial charge in [-0.25, -0.2) is 0 Å². The van der Waals surface area contributed by atoms with E-state index in [0.717, 1.165) is 16.7 Å². The second-order valence-corrected chi connectivity index (χ2v) is 6.19. The quantitative estimate of drug-likeness (QED) is 0.871. The first kappa shape index (κ1) is 12.6. The first-order chi connectivity index (χ1) is 10.1. The minimum Gasteiger partial charge on any atom is -0.388 e. The van der Waals surface area contributed by atoms with E-state index in [4.69, 9.17) is 0 Å². The molecule has 3 heteroatoms. The summed E-state index contributed by atoms with van der Waals surface area (Å²) < 4.78 is 0. The van der Waals surface area contributed by atoms with Crippen molar-refractivity contribution in [3.05, 3.63) is 71.3 Å². The van der Waals surface area contributed by atoms with Crippen molar-refractivity contribution in [1.29, 1.82) is 0 Å². The third-order valence-corrected chi connectivity index (χ3v) is 4.71. The van der Waals surface area contributed by atoms with Gasteiger partial charge >= 0.3 is 0 Å². The standard InChI is InChI=1S/C18H17NO2/c1-18(21)11-15-13-9-5-6-10-14(13)17(20)19(15)16(18)12-7-3-2-4-8-12/h2-10,15-16,21H,11H2,1H3/t15-,16?,18?/m1/s1. The fourth-order valence-corrected chi connectivity index (χ4v) is 3.88. The number of aliphatic hydroxyl groups is 1. The van der Waals surface area contributed by atoms with Gasteiger partial charge in [0.15, 0.2) is 0 Å². The van der Waals surface area contributed by atoms with Crippen LogP contribution in [0.2, 0.25) is 0 Å². The molecule has 0 radical (unpaired) electrons. The lowest BCUT2D eigenvalue weighted by atomic mass is 9.88. The van der Waals surface area contributed by atoms with Crippen LogP contribution in [0.3, 0.4) is 0 Å². The summed E-state index contributed by atoms with van der Waals surface area (Å²) in [7, 11) is 0. The van der Waals surface area contributed by atoms with Crippen molar-refractivity contribution in [1.82, 2.24) is 4.90 Å². The van der Waals surface area contributed by atoms with Crippen molar-refractivity contribution in [2.45, 2.75) is 31.0 Å². The number of carbonyl (C=O) groups is 1. The van der Waals surface area contributed by atoms with Crippen LogP contribution in [0.1, 0.15) is 46.9 Å². The van der Waals surface area contributed by atoms with E-state index in [1.54, 1.807) is 0 Å². The SMILES string of the molecule is CC1(O)C[C@@H]2c3ccccc3C(=O)N2C1c1ccccc1. The molecule has 2 heterocycles. The molecule has 4 rings (SSSR count). The van der Waals surface area contributed by atoms with Crippen LogP contribution < -0.4 is 0 Å². The van der Waals surface area contributed by atoms with Gasteiger partial charge in [0, 0.05) is 12.0 Å². The van der Waals surface area contributed by atoms with Crippen LogP contribution in [0.4, 0.5) is 0 Å². The summed E-state index contributed by atoms with van der Waals surface area (Å²) >= 11 is 0. The van der Waals surface area contributed by atoms with Gasteiger partial charge in [-0.2, -0.15) is 0 Å². The molecule has 2 aliphatic rings. The van der Waals surface area contributed by atoms with Crippen LogP contribution in [-0.4, -0.2) is 21.5 Å². The topological polar surface area (TPSA) is 40.5 Å². The zero-order valence-corrected chi connectivity index (χ0v) is 11.9. The molecule has 2 aromatic rings. The molecule has 3 nitrogen and oxygen atoms in total. The maximum atomic E-state index is 12.8. The van der Waals surface area contributed by atoms with Crippen molar-refractivity contribution >= 4 is 5.91 Å². The molecular weight excluding hydrogens is 262 g/mol. The summed E-state index contributed by atoms with van der Waals surface area (Å²) in [4.78, 5) is 14.6. The van der Waals surface area contributed by atoms with Crippen molar-refractivity contribution in [3.8, 4) is 0 Å². The molecule has 1 fully saturated rings. The Hall–Kier alpha value is -2.13. The van der Waals surface area contributed by atoms with Crippen LogP contribution in [0.5, 0.6) is 0 Å². The van der Waals surface area contributed by atoms with E-state index < -0.39 is 5.60 Å². The zero-order chi connectivity index (χ0) is 14.6. The third-order valence-electron chi connectivity index (χ3n) is 4.71. The van der Waals surface area contributed by atoms with Crippen LogP contribution in [0, 0.1) is 0 Å².